The number of nitrogens with zero attached hydrogens (tertiary/aromatic N) is 2. The summed E-state index contributed by atoms with van der Waals surface area (Å²) in [4.78, 5) is 9.92. The lowest BCUT2D eigenvalue weighted by atomic mass is 9.87. The molecule has 8 aromatic rings. The Kier molecular flexibility index (Phi) is 6.96. The lowest BCUT2D eigenvalue weighted by Gasteiger charge is -2.27. The van der Waals surface area contributed by atoms with Crippen LogP contribution < -0.4 is 10.6 Å². The Bertz CT molecular complexity index is 3020. The van der Waals surface area contributed by atoms with E-state index in [1.807, 2.05) is 6.20 Å². The summed E-state index contributed by atoms with van der Waals surface area (Å²) in [5.41, 5.74) is 14.6. The van der Waals surface area contributed by atoms with Crippen molar-refractivity contribution >= 4 is 66.4 Å². The number of hydrogen-bond donors (Lipinski definition) is 2. The van der Waals surface area contributed by atoms with Crippen LogP contribution in [0.2, 0.25) is 0 Å². The van der Waals surface area contributed by atoms with Crippen LogP contribution >= 0.6 is 0 Å². The molecule has 0 spiro atoms. The molecule has 11 rings (SSSR count). The highest BCUT2D eigenvalue weighted by Crippen LogP contribution is 2.38. The molecule has 0 bridgehead atoms. The quantitative estimate of drug-likeness (QED) is 0.181. The molecule has 0 amide bonds. The van der Waals surface area contributed by atoms with Gasteiger partial charge in [0.25, 0.3) is 0 Å². The summed E-state index contributed by atoms with van der Waals surface area (Å²) in [6.07, 6.45) is 17.5. The first-order chi connectivity index (χ1) is 26.7. The monoisotopic (exact) mass is 690 g/mol. The number of dihydropyridines is 1. The number of nitrogens with one attached hydrogen (secondary N) is 2. The number of anilines is 1. The summed E-state index contributed by atoms with van der Waals surface area (Å²) >= 11 is 0. The molecule has 4 nitrogen and oxygen atoms in total. The van der Waals surface area contributed by atoms with E-state index >= 15 is 0 Å². The number of pyridine rings is 2. The van der Waals surface area contributed by atoms with Crippen LogP contribution in [0, 0.1) is 0 Å². The molecule has 254 valence electrons. The van der Waals surface area contributed by atoms with Gasteiger partial charge >= 0.3 is 0 Å². The molecule has 0 radical (unpaired) electrons. The second-order valence-corrected chi connectivity index (χ2v) is 14.3. The Morgan fingerprint density at radius 3 is 2.33 bits per heavy atom. The van der Waals surface area contributed by atoms with Gasteiger partial charge in [0.05, 0.1) is 28.5 Å². The van der Waals surface area contributed by atoms with Gasteiger partial charge in [0, 0.05) is 34.8 Å². The Hall–Kier alpha value is -7.04. The third-order valence-electron chi connectivity index (χ3n) is 11.1. The van der Waals surface area contributed by atoms with E-state index in [2.05, 4.69) is 181 Å². The van der Waals surface area contributed by atoms with Gasteiger partial charge in [-0.1, -0.05) is 140 Å². The summed E-state index contributed by atoms with van der Waals surface area (Å²) in [7, 11) is 0. The highest BCUT2D eigenvalue weighted by atomic mass is 14.9. The van der Waals surface area contributed by atoms with Crippen molar-refractivity contribution in [1.82, 2.24) is 15.3 Å². The fourth-order valence-corrected chi connectivity index (χ4v) is 8.38. The van der Waals surface area contributed by atoms with Crippen molar-refractivity contribution in [3.8, 4) is 22.4 Å². The van der Waals surface area contributed by atoms with E-state index in [0.29, 0.717) is 0 Å². The van der Waals surface area contributed by atoms with Gasteiger partial charge in [-0.15, -0.1) is 0 Å². The maximum absolute atomic E-state index is 5.17. The van der Waals surface area contributed by atoms with Crippen LogP contribution in [0.4, 0.5) is 5.69 Å². The van der Waals surface area contributed by atoms with Crippen LogP contribution in [-0.4, -0.2) is 22.6 Å². The van der Waals surface area contributed by atoms with Crippen molar-refractivity contribution in [2.45, 2.75) is 6.04 Å². The lowest BCUT2D eigenvalue weighted by Crippen LogP contribution is -2.31. The molecule has 0 saturated carbocycles. The zero-order valence-corrected chi connectivity index (χ0v) is 29.4. The Labute approximate surface area is 313 Å². The molecule has 2 aromatic heterocycles. The molecule has 1 atom stereocenters. The molecule has 0 saturated heterocycles. The highest BCUT2D eigenvalue weighted by Gasteiger charge is 2.21. The van der Waals surface area contributed by atoms with E-state index in [-0.39, 0.29) is 6.04 Å². The molecule has 1 aliphatic carbocycles. The number of rotatable bonds is 4. The van der Waals surface area contributed by atoms with Crippen molar-refractivity contribution < 1.29 is 0 Å². The van der Waals surface area contributed by atoms with Crippen molar-refractivity contribution in [3.63, 3.8) is 0 Å². The number of allylic oxidation sites excluding steroid dienone is 4. The minimum absolute atomic E-state index is 0.0692. The molecular weight excluding hydrogens is 657 g/mol. The smallest absolute Gasteiger partial charge is 0.0945 e. The van der Waals surface area contributed by atoms with E-state index in [9.17, 15) is 0 Å². The molecule has 2 N–H and O–H groups in total. The maximum Gasteiger partial charge on any atom is 0.0945 e. The van der Waals surface area contributed by atoms with Crippen molar-refractivity contribution in [1.29, 1.82) is 0 Å². The molecule has 3 aliphatic rings. The second kappa shape index (κ2) is 12.3. The molecule has 54 heavy (non-hydrogen) atoms. The van der Waals surface area contributed by atoms with Crippen molar-refractivity contribution in [2.75, 3.05) is 11.9 Å². The molecule has 1 unspecified atom stereocenters. The Morgan fingerprint density at radius 2 is 1.41 bits per heavy atom. The first kappa shape index (κ1) is 30.6. The first-order valence-corrected chi connectivity index (χ1v) is 18.6. The SMILES string of the molecule is C1=Cc2ccc3c(-c4ccc(-c5ccc6ccc(C7=CC=C8C=CC(c9cc%10ccccc%10c%10ccccc9%10)=CC8N7)cc6n5)cc4)ccnc3c2NC1. The van der Waals surface area contributed by atoms with Crippen molar-refractivity contribution in [3.05, 3.63) is 192 Å². The first-order valence-electron chi connectivity index (χ1n) is 18.6. The number of aromatic nitrogens is 2. The summed E-state index contributed by atoms with van der Waals surface area (Å²) < 4.78 is 0. The van der Waals surface area contributed by atoms with E-state index in [0.717, 1.165) is 62.1 Å². The number of benzene rings is 6. The fraction of sp³-hybridized carbons (Fsp3) is 0.0400. The van der Waals surface area contributed by atoms with Gasteiger partial charge in [0.15, 0.2) is 0 Å². The Balaban J connectivity index is 0.888. The predicted octanol–water partition coefficient (Wildman–Crippen LogP) is 11.8. The lowest BCUT2D eigenvalue weighted by molar-refractivity contribution is 0.815. The average molecular weight is 691 g/mol. The molecule has 6 aromatic carbocycles. The van der Waals surface area contributed by atoms with E-state index in [1.165, 1.54) is 49.4 Å². The largest absolute Gasteiger partial charge is 0.379 e. The van der Waals surface area contributed by atoms with Gasteiger partial charge in [-0.2, -0.15) is 0 Å². The summed E-state index contributed by atoms with van der Waals surface area (Å²) in [6, 6.07) is 45.9. The summed E-state index contributed by atoms with van der Waals surface area (Å²) in [5.74, 6) is 0. The van der Waals surface area contributed by atoms with Gasteiger partial charge in [-0.05, 0) is 90.8 Å². The molecular formula is C50H34N4. The number of fused-ring (bicyclic) bond motifs is 8. The summed E-state index contributed by atoms with van der Waals surface area (Å²) in [6.45, 7) is 0.819. The molecule has 4 heteroatoms. The normalized spacial score (nSPS) is 16.0. The van der Waals surface area contributed by atoms with Crippen LogP contribution in [0.25, 0.3) is 83.1 Å². The third kappa shape index (κ3) is 5.07. The van der Waals surface area contributed by atoms with E-state index in [1.54, 1.807) is 0 Å². The maximum atomic E-state index is 5.17. The van der Waals surface area contributed by atoms with Gasteiger partial charge in [-0.25, -0.2) is 4.98 Å². The molecule has 0 fully saturated rings. The Morgan fingerprint density at radius 1 is 0.593 bits per heavy atom. The molecule has 4 heterocycles. The predicted molar refractivity (Wildman–Crippen MR) is 227 cm³/mol. The summed E-state index contributed by atoms with van der Waals surface area (Å²) in [5, 5.41) is 14.7. The van der Waals surface area contributed by atoms with Gasteiger partial charge in [0.2, 0.25) is 0 Å². The highest BCUT2D eigenvalue weighted by molar-refractivity contribution is 6.12. The van der Waals surface area contributed by atoms with Crippen LogP contribution in [0.1, 0.15) is 16.7 Å². The zero-order chi connectivity index (χ0) is 35.6. The van der Waals surface area contributed by atoms with Crippen LogP contribution in [-0.2, 0) is 0 Å². The van der Waals surface area contributed by atoms with E-state index < -0.39 is 0 Å². The average Bonchev–Trinajstić information content (AvgIpc) is 3.25. The zero-order valence-electron chi connectivity index (χ0n) is 29.4. The second-order valence-electron chi connectivity index (χ2n) is 14.3. The van der Waals surface area contributed by atoms with E-state index in [4.69, 9.17) is 9.97 Å². The van der Waals surface area contributed by atoms with Crippen LogP contribution in [0.5, 0.6) is 0 Å². The van der Waals surface area contributed by atoms with Crippen LogP contribution in [0.3, 0.4) is 0 Å². The topological polar surface area (TPSA) is 49.8 Å². The van der Waals surface area contributed by atoms with Gasteiger partial charge < -0.3 is 10.6 Å². The van der Waals surface area contributed by atoms with Crippen LogP contribution in [0.15, 0.2) is 176 Å². The van der Waals surface area contributed by atoms with Crippen molar-refractivity contribution in [2.24, 2.45) is 0 Å². The third-order valence-corrected chi connectivity index (χ3v) is 11.1. The minimum Gasteiger partial charge on any atom is -0.379 e. The number of hydrogen-bond acceptors (Lipinski definition) is 4. The standard InChI is InChI=1S/C50H34N4/c1-2-8-39-36(6-1)28-44(42-10-4-3-9-41(39)42)37-17-15-33-21-24-46(54-47(33)29-37)38-18-16-34-20-23-45(53-48(34)30-38)32-13-11-31(12-14-32)40-25-27-52-50-43(40)22-19-35-7-5-26-51-49(35)50/h1-25,27-30,47,51,54H,26H2. The minimum atomic E-state index is 0.0692. The fourth-order valence-electron chi connectivity index (χ4n) is 8.38. The van der Waals surface area contributed by atoms with Gasteiger partial charge in [0.1, 0.15) is 0 Å². The van der Waals surface area contributed by atoms with Gasteiger partial charge in [-0.3, -0.25) is 4.98 Å². The molecule has 2 aliphatic heterocycles.